The Hall–Kier alpha value is -2.94. The highest BCUT2D eigenvalue weighted by molar-refractivity contribution is 5.76. The molecular weight excluding hydrogens is 260 g/mol. The summed E-state index contributed by atoms with van der Waals surface area (Å²) in [6.07, 6.45) is 4.31. The molecule has 3 nitrogen and oxygen atoms in total. The van der Waals surface area contributed by atoms with Crippen molar-refractivity contribution in [1.29, 1.82) is 0 Å². The van der Waals surface area contributed by atoms with Gasteiger partial charge in [0.1, 0.15) is 0 Å². The van der Waals surface area contributed by atoms with Gasteiger partial charge in [0.2, 0.25) is 6.41 Å². The van der Waals surface area contributed by atoms with Crippen molar-refractivity contribution in [3.63, 3.8) is 0 Å². The number of nitrogens with one attached hydrogen (secondary N) is 1. The molecule has 1 amide bonds. The molecule has 0 bridgehead atoms. The molecular formula is C18H14N2O. The molecule has 21 heavy (non-hydrogen) atoms. The fourth-order valence-electron chi connectivity index (χ4n) is 2.24. The second-order valence-corrected chi connectivity index (χ2v) is 4.66. The zero-order valence-electron chi connectivity index (χ0n) is 11.4. The fraction of sp³-hybridized carbons (Fsp3) is 0. The van der Waals surface area contributed by atoms with E-state index in [1.54, 1.807) is 6.20 Å². The first-order chi connectivity index (χ1) is 10.4. The number of carbonyl (C=O) groups is 1. The number of benzene rings is 2. The number of hydrogen-bond donors (Lipinski definition) is 1. The summed E-state index contributed by atoms with van der Waals surface area (Å²) in [5.41, 5.74) is 5.26. The van der Waals surface area contributed by atoms with Crippen LogP contribution in [0.4, 0.5) is 5.69 Å². The summed E-state index contributed by atoms with van der Waals surface area (Å²) in [6, 6.07) is 20.1. The summed E-state index contributed by atoms with van der Waals surface area (Å²) in [5, 5.41) is 2.63. The molecule has 1 N–H and O–H groups in total. The number of rotatable bonds is 4. The van der Waals surface area contributed by atoms with E-state index in [4.69, 9.17) is 0 Å². The standard InChI is InChI=1S/C18H14N2O/c21-13-20-18-8-6-14(7-9-18)15-3-1-4-16(11-15)17-5-2-10-19-12-17/h1-13H,(H,20,21). The minimum atomic E-state index is 0.679. The lowest BCUT2D eigenvalue weighted by Crippen LogP contribution is -1.92. The Morgan fingerprint density at radius 2 is 1.52 bits per heavy atom. The van der Waals surface area contributed by atoms with E-state index >= 15 is 0 Å². The highest BCUT2D eigenvalue weighted by Gasteiger charge is 2.02. The summed E-state index contributed by atoms with van der Waals surface area (Å²) in [4.78, 5) is 14.6. The van der Waals surface area contributed by atoms with E-state index in [9.17, 15) is 4.79 Å². The molecule has 3 rings (SSSR count). The van der Waals surface area contributed by atoms with E-state index < -0.39 is 0 Å². The van der Waals surface area contributed by atoms with Gasteiger partial charge >= 0.3 is 0 Å². The quantitative estimate of drug-likeness (QED) is 0.731. The van der Waals surface area contributed by atoms with Crippen molar-refractivity contribution in [2.24, 2.45) is 0 Å². The van der Waals surface area contributed by atoms with Crippen LogP contribution in [0.5, 0.6) is 0 Å². The Labute approximate surface area is 123 Å². The van der Waals surface area contributed by atoms with Crippen LogP contribution in [0, 0.1) is 0 Å². The smallest absolute Gasteiger partial charge is 0.211 e. The van der Waals surface area contributed by atoms with Crippen LogP contribution in [-0.2, 0) is 4.79 Å². The van der Waals surface area contributed by atoms with Crippen LogP contribution >= 0.6 is 0 Å². The maximum atomic E-state index is 10.4. The Morgan fingerprint density at radius 3 is 2.19 bits per heavy atom. The number of aromatic nitrogens is 1. The molecule has 0 saturated heterocycles. The second kappa shape index (κ2) is 6.01. The van der Waals surface area contributed by atoms with Crippen LogP contribution in [0.15, 0.2) is 73.1 Å². The number of hydrogen-bond acceptors (Lipinski definition) is 2. The monoisotopic (exact) mass is 274 g/mol. The third kappa shape index (κ3) is 2.98. The molecule has 0 saturated carbocycles. The first-order valence-corrected chi connectivity index (χ1v) is 6.68. The maximum Gasteiger partial charge on any atom is 0.211 e. The van der Waals surface area contributed by atoms with E-state index in [0.29, 0.717) is 6.41 Å². The van der Waals surface area contributed by atoms with Crippen LogP contribution in [0.2, 0.25) is 0 Å². The van der Waals surface area contributed by atoms with Crippen LogP contribution < -0.4 is 5.32 Å². The van der Waals surface area contributed by atoms with Crippen molar-refractivity contribution in [3.05, 3.63) is 73.1 Å². The average molecular weight is 274 g/mol. The first-order valence-electron chi connectivity index (χ1n) is 6.68. The largest absolute Gasteiger partial charge is 0.329 e. The number of carbonyl (C=O) groups excluding carboxylic acids is 1. The number of nitrogens with zero attached hydrogens (tertiary/aromatic N) is 1. The molecule has 102 valence electrons. The van der Waals surface area contributed by atoms with Crippen molar-refractivity contribution < 1.29 is 4.79 Å². The molecule has 0 atom stereocenters. The highest BCUT2D eigenvalue weighted by atomic mass is 16.1. The molecule has 0 fully saturated rings. The normalized spacial score (nSPS) is 10.1. The minimum absolute atomic E-state index is 0.679. The lowest BCUT2D eigenvalue weighted by atomic mass is 10.00. The van der Waals surface area contributed by atoms with E-state index in [1.165, 1.54) is 0 Å². The van der Waals surface area contributed by atoms with Gasteiger partial charge in [-0.05, 0) is 41.0 Å². The van der Waals surface area contributed by atoms with E-state index in [-0.39, 0.29) is 0 Å². The van der Waals surface area contributed by atoms with Crippen molar-refractivity contribution in [2.75, 3.05) is 5.32 Å². The Kier molecular flexibility index (Phi) is 3.74. The summed E-state index contributed by atoms with van der Waals surface area (Å²) in [7, 11) is 0. The van der Waals surface area contributed by atoms with Crippen molar-refractivity contribution >= 4 is 12.1 Å². The molecule has 3 heteroatoms. The average Bonchev–Trinajstić information content (AvgIpc) is 2.57. The summed E-state index contributed by atoms with van der Waals surface area (Å²) in [5.74, 6) is 0. The fourth-order valence-corrected chi connectivity index (χ4v) is 2.24. The van der Waals surface area contributed by atoms with Gasteiger partial charge in [-0.2, -0.15) is 0 Å². The molecule has 3 aromatic rings. The van der Waals surface area contributed by atoms with Crippen molar-refractivity contribution in [1.82, 2.24) is 4.98 Å². The van der Waals surface area contributed by atoms with Gasteiger partial charge in [-0.3, -0.25) is 9.78 Å². The molecule has 0 aliphatic rings. The SMILES string of the molecule is O=CNc1ccc(-c2cccc(-c3cccnc3)c2)cc1. The molecule has 0 unspecified atom stereocenters. The number of anilines is 1. The van der Waals surface area contributed by atoms with Crippen LogP contribution in [-0.4, -0.2) is 11.4 Å². The molecule has 2 aromatic carbocycles. The zero-order valence-corrected chi connectivity index (χ0v) is 11.4. The molecule has 0 aliphatic carbocycles. The third-order valence-electron chi connectivity index (χ3n) is 3.30. The molecule has 1 heterocycles. The van der Waals surface area contributed by atoms with E-state index in [0.717, 1.165) is 27.9 Å². The minimum Gasteiger partial charge on any atom is -0.329 e. The number of amides is 1. The molecule has 0 aliphatic heterocycles. The first kappa shape index (κ1) is 13.1. The van der Waals surface area contributed by atoms with Crippen LogP contribution in [0.1, 0.15) is 0 Å². The van der Waals surface area contributed by atoms with Crippen molar-refractivity contribution in [2.45, 2.75) is 0 Å². The molecule has 1 aromatic heterocycles. The Balaban J connectivity index is 1.94. The van der Waals surface area contributed by atoms with Crippen LogP contribution in [0.3, 0.4) is 0 Å². The van der Waals surface area contributed by atoms with Crippen molar-refractivity contribution in [3.8, 4) is 22.3 Å². The lowest BCUT2D eigenvalue weighted by Gasteiger charge is -2.06. The topological polar surface area (TPSA) is 42.0 Å². The van der Waals surface area contributed by atoms with Gasteiger partial charge in [-0.25, -0.2) is 0 Å². The molecule has 0 spiro atoms. The predicted molar refractivity (Wildman–Crippen MR) is 84.8 cm³/mol. The van der Waals surface area contributed by atoms with Gasteiger partial charge in [0, 0.05) is 23.6 Å². The van der Waals surface area contributed by atoms with E-state index in [1.807, 2.05) is 48.7 Å². The predicted octanol–water partition coefficient (Wildman–Crippen LogP) is 3.98. The molecule has 0 radical (unpaired) electrons. The van der Waals surface area contributed by atoms with Gasteiger partial charge in [0.25, 0.3) is 0 Å². The lowest BCUT2D eigenvalue weighted by molar-refractivity contribution is -0.105. The summed E-state index contributed by atoms with van der Waals surface area (Å²) < 4.78 is 0. The van der Waals surface area contributed by atoms with Gasteiger partial charge in [0.15, 0.2) is 0 Å². The van der Waals surface area contributed by atoms with Gasteiger partial charge < -0.3 is 5.32 Å². The maximum absolute atomic E-state index is 10.4. The van der Waals surface area contributed by atoms with Gasteiger partial charge in [0.05, 0.1) is 0 Å². The van der Waals surface area contributed by atoms with Gasteiger partial charge in [-0.1, -0.05) is 36.4 Å². The summed E-state index contributed by atoms with van der Waals surface area (Å²) >= 11 is 0. The number of pyridine rings is 1. The summed E-state index contributed by atoms with van der Waals surface area (Å²) in [6.45, 7) is 0. The Morgan fingerprint density at radius 1 is 0.810 bits per heavy atom. The highest BCUT2D eigenvalue weighted by Crippen LogP contribution is 2.26. The second-order valence-electron chi connectivity index (χ2n) is 4.66. The third-order valence-corrected chi connectivity index (χ3v) is 3.30. The Bertz CT molecular complexity index is 737. The van der Waals surface area contributed by atoms with E-state index in [2.05, 4.69) is 28.5 Å². The zero-order chi connectivity index (χ0) is 14.5. The van der Waals surface area contributed by atoms with Crippen LogP contribution in [0.25, 0.3) is 22.3 Å². The van der Waals surface area contributed by atoms with Gasteiger partial charge in [-0.15, -0.1) is 0 Å².